The first-order valence-electron chi connectivity index (χ1n) is 9.58. The number of ether oxygens (including phenoxy) is 1. The molecule has 1 heterocycles. The molecule has 1 aliphatic rings. The minimum absolute atomic E-state index is 0.0185. The molecule has 0 saturated carbocycles. The third-order valence-electron chi connectivity index (χ3n) is 4.48. The van der Waals surface area contributed by atoms with Crippen molar-refractivity contribution in [1.29, 1.82) is 0 Å². The van der Waals surface area contributed by atoms with Crippen LogP contribution in [0.1, 0.15) is 60.3 Å². The van der Waals surface area contributed by atoms with Crippen molar-refractivity contribution in [2.45, 2.75) is 71.9 Å². The summed E-state index contributed by atoms with van der Waals surface area (Å²) in [5, 5.41) is 2.58. The molecule has 7 heteroatoms. The van der Waals surface area contributed by atoms with Gasteiger partial charge in [-0.1, -0.05) is 13.3 Å². The normalized spacial score (nSPS) is 16.8. The molecular formula is C19H35N3O4. The van der Waals surface area contributed by atoms with Gasteiger partial charge in [-0.25, -0.2) is 4.79 Å². The molecule has 0 aromatic carbocycles. The van der Waals surface area contributed by atoms with Crippen LogP contribution in [0.2, 0.25) is 0 Å². The zero-order chi connectivity index (χ0) is 19.9. The minimum atomic E-state index is -0.649. The molecular weight excluding hydrogens is 334 g/mol. The molecule has 0 spiro atoms. The van der Waals surface area contributed by atoms with Crippen LogP contribution >= 0.6 is 0 Å². The Morgan fingerprint density at radius 2 is 1.81 bits per heavy atom. The molecule has 1 atom stereocenters. The smallest absolute Gasteiger partial charge is 0.408 e. The van der Waals surface area contributed by atoms with Gasteiger partial charge in [0.05, 0.1) is 0 Å². The van der Waals surface area contributed by atoms with Gasteiger partial charge in [-0.2, -0.15) is 0 Å². The molecule has 0 bridgehead atoms. The lowest BCUT2D eigenvalue weighted by Crippen LogP contribution is -2.51. The number of piperidine rings is 1. The lowest BCUT2D eigenvalue weighted by Gasteiger charge is -2.34. The standard InChI is InChI=1S/C19H35N3O4/c1-7-8-11-21(6)17(24)15-9-12-22(13-10-15)16(23)14(2)20-18(25)26-19(3,4)5/h14-15H,7-13H2,1-6H3,(H,20,25)/t14-/m1/s1. The number of alkyl carbamates (subject to hydrolysis) is 1. The number of amides is 3. The fourth-order valence-corrected chi connectivity index (χ4v) is 2.98. The van der Waals surface area contributed by atoms with E-state index in [-0.39, 0.29) is 17.7 Å². The van der Waals surface area contributed by atoms with Gasteiger partial charge in [0, 0.05) is 32.6 Å². The van der Waals surface area contributed by atoms with Gasteiger partial charge in [-0.05, 0) is 47.0 Å². The van der Waals surface area contributed by atoms with E-state index >= 15 is 0 Å². The van der Waals surface area contributed by atoms with Crippen LogP contribution in [0.4, 0.5) is 4.79 Å². The van der Waals surface area contributed by atoms with Crippen LogP contribution in [0, 0.1) is 5.92 Å². The van der Waals surface area contributed by atoms with Crippen molar-refractivity contribution < 1.29 is 19.1 Å². The minimum Gasteiger partial charge on any atom is -0.444 e. The fraction of sp³-hybridized carbons (Fsp3) is 0.842. The van der Waals surface area contributed by atoms with E-state index in [1.54, 1.807) is 37.5 Å². The average Bonchev–Trinajstić information content (AvgIpc) is 2.56. The molecule has 1 fully saturated rings. The molecule has 0 aliphatic carbocycles. The SMILES string of the molecule is CCCCN(C)C(=O)C1CCN(C(=O)[C@@H](C)NC(=O)OC(C)(C)C)CC1. The van der Waals surface area contributed by atoms with Gasteiger partial charge in [-0.3, -0.25) is 9.59 Å². The topological polar surface area (TPSA) is 79.0 Å². The van der Waals surface area contributed by atoms with Gasteiger partial charge in [0.25, 0.3) is 0 Å². The van der Waals surface area contributed by atoms with E-state index < -0.39 is 17.7 Å². The van der Waals surface area contributed by atoms with Crippen LogP contribution < -0.4 is 5.32 Å². The summed E-state index contributed by atoms with van der Waals surface area (Å²) in [6, 6.07) is -0.649. The predicted octanol–water partition coefficient (Wildman–Crippen LogP) is 2.40. The van der Waals surface area contributed by atoms with Crippen molar-refractivity contribution in [3.8, 4) is 0 Å². The largest absolute Gasteiger partial charge is 0.444 e. The quantitative estimate of drug-likeness (QED) is 0.780. The van der Waals surface area contributed by atoms with Crippen molar-refractivity contribution in [3.63, 3.8) is 0 Å². The Morgan fingerprint density at radius 1 is 1.23 bits per heavy atom. The summed E-state index contributed by atoms with van der Waals surface area (Å²) in [6.07, 6.45) is 2.81. The van der Waals surface area contributed by atoms with Gasteiger partial charge in [0.15, 0.2) is 0 Å². The van der Waals surface area contributed by atoms with E-state index in [1.807, 2.05) is 7.05 Å². The summed E-state index contributed by atoms with van der Waals surface area (Å²) >= 11 is 0. The second kappa shape index (κ2) is 9.78. The zero-order valence-electron chi connectivity index (χ0n) is 17.1. The molecule has 1 rings (SSSR count). The van der Waals surface area contributed by atoms with E-state index in [1.165, 1.54) is 0 Å². The summed E-state index contributed by atoms with van der Waals surface area (Å²) < 4.78 is 5.18. The number of nitrogens with zero attached hydrogens (tertiary/aromatic N) is 2. The van der Waals surface area contributed by atoms with Crippen molar-refractivity contribution in [2.75, 3.05) is 26.7 Å². The number of likely N-dealkylation sites (tertiary alicyclic amines) is 1. The summed E-state index contributed by atoms with van der Waals surface area (Å²) in [6.45, 7) is 11.0. The maximum absolute atomic E-state index is 12.5. The molecule has 26 heavy (non-hydrogen) atoms. The van der Waals surface area contributed by atoms with Crippen molar-refractivity contribution in [2.24, 2.45) is 5.92 Å². The Hall–Kier alpha value is -1.79. The first-order chi connectivity index (χ1) is 12.0. The molecule has 0 radical (unpaired) electrons. The van der Waals surface area contributed by atoms with Crippen LogP contribution in [0.3, 0.4) is 0 Å². The first kappa shape index (κ1) is 22.3. The number of carbonyl (C=O) groups is 3. The van der Waals surface area contributed by atoms with Crippen LogP contribution in [0.5, 0.6) is 0 Å². The Morgan fingerprint density at radius 3 is 2.31 bits per heavy atom. The lowest BCUT2D eigenvalue weighted by atomic mass is 9.95. The number of carbonyl (C=O) groups excluding carboxylic acids is 3. The number of rotatable bonds is 6. The lowest BCUT2D eigenvalue weighted by molar-refractivity contribution is -0.140. The Labute approximate surface area is 157 Å². The highest BCUT2D eigenvalue weighted by Crippen LogP contribution is 2.20. The molecule has 7 nitrogen and oxygen atoms in total. The van der Waals surface area contributed by atoms with Gasteiger partial charge in [0.2, 0.25) is 11.8 Å². The maximum atomic E-state index is 12.5. The monoisotopic (exact) mass is 369 g/mol. The third kappa shape index (κ3) is 7.22. The average molecular weight is 370 g/mol. The molecule has 1 saturated heterocycles. The predicted molar refractivity (Wildman–Crippen MR) is 101 cm³/mol. The number of unbranched alkanes of at least 4 members (excludes halogenated alkanes) is 1. The van der Waals surface area contributed by atoms with Crippen molar-refractivity contribution >= 4 is 17.9 Å². The first-order valence-corrected chi connectivity index (χ1v) is 9.58. The molecule has 0 aromatic heterocycles. The second-order valence-corrected chi connectivity index (χ2v) is 8.08. The highest BCUT2D eigenvalue weighted by atomic mass is 16.6. The summed E-state index contributed by atoms with van der Waals surface area (Å²) in [5.74, 6) is 0.0154. The maximum Gasteiger partial charge on any atom is 0.408 e. The number of nitrogens with one attached hydrogen (secondary N) is 1. The van der Waals surface area contributed by atoms with Crippen LogP contribution in [-0.2, 0) is 14.3 Å². The molecule has 150 valence electrons. The van der Waals surface area contributed by atoms with Gasteiger partial charge < -0.3 is 19.9 Å². The highest BCUT2D eigenvalue weighted by molar-refractivity contribution is 5.86. The summed E-state index contributed by atoms with van der Waals surface area (Å²) in [5.41, 5.74) is -0.602. The fourth-order valence-electron chi connectivity index (χ4n) is 2.98. The second-order valence-electron chi connectivity index (χ2n) is 8.08. The Kier molecular flexibility index (Phi) is 8.37. The van der Waals surface area contributed by atoms with Crippen LogP contribution in [-0.4, -0.2) is 66.0 Å². The van der Waals surface area contributed by atoms with Crippen LogP contribution in [0.15, 0.2) is 0 Å². The van der Waals surface area contributed by atoms with Gasteiger partial charge in [0.1, 0.15) is 11.6 Å². The van der Waals surface area contributed by atoms with E-state index in [2.05, 4.69) is 12.2 Å². The summed E-state index contributed by atoms with van der Waals surface area (Å²) in [7, 11) is 1.85. The molecule has 1 aliphatic heterocycles. The highest BCUT2D eigenvalue weighted by Gasteiger charge is 2.31. The van der Waals surface area contributed by atoms with Gasteiger partial charge >= 0.3 is 6.09 Å². The van der Waals surface area contributed by atoms with Gasteiger partial charge in [-0.15, -0.1) is 0 Å². The van der Waals surface area contributed by atoms with Crippen molar-refractivity contribution in [3.05, 3.63) is 0 Å². The molecule has 0 aromatic rings. The third-order valence-corrected chi connectivity index (χ3v) is 4.48. The van der Waals surface area contributed by atoms with Crippen molar-refractivity contribution in [1.82, 2.24) is 15.1 Å². The summed E-state index contributed by atoms with van der Waals surface area (Å²) in [4.78, 5) is 40.3. The Balaban J connectivity index is 2.45. The number of hydrogen-bond donors (Lipinski definition) is 1. The van der Waals surface area contributed by atoms with E-state index in [4.69, 9.17) is 4.74 Å². The van der Waals surface area contributed by atoms with E-state index in [0.717, 1.165) is 19.4 Å². The molecule has 1 N–H and O–H groups in total. The Bertz CT molecular complexity index is 494. The van der Waals surface area contributed by atoms with E-state index in [9.17, 15) is 14.4 Å². The number of hydrogen-bond acceptors (Lipinski definition) is 4. The molecule has 0 unspecified atom stereocenters. The van der Waals surface area contributed by atoms with E-state index in [0.29, 0.717) is 25.9 Å². The molecule has 3 amide bonds. The zero-order valence-corrected chi connectivity index (χ0v) is 17.1. The van der Waals surface area contributed by atoms with Crippen LogP contribution in [0.25, 0.3) is 0 Å².